The summed E-state index contributed by atoms with van der Waals surface area (Å²) in [5.41, 5.74) is 0. The summed E-state index contributed by atoms with van der Waals surface area (Å²) in [7, 11) is -1.41. The largest absolute Gasteiger partial charge is 0.380 e. The predicted octanol–water partition coefficient (Wildman–Crippen LogP) is -0.0613. The number of ether oxygens (including phenoxy) is 1. The first-order chi connectivity index (χ1) is 6.93. The number of nitrogens with one attached hydrogen (secondary N) is 2. The van der Waals surface area contributed by atoms with E-state index in [9.17, 15) is 8.42 Å². The first kappa shape index (κ1) is 14.8. The highest BCUT2D eigenvalue weighted by atomic mass is 32.2. The van der Waals surface area contributed by atoms with Gasteiger partial charge in [0, 0.05) is 26.2 Å². The van der Waals surface area contributed by atoms with Crippen LogP contribution in [0.5, 0.6) is 0 Å². The van der Waals surface area contributed by atoms with Crippen molar-refractivity contribution in [2.45, 2.75) is 32.9 Å². The second kappa shape index (κ2) is 7.16. The van der Waals surface area contributed by atoms with Crippen molar-refractivity contribution in [1.82, 2.24) is 10.0 Å². The number of methoxy groups -OCH3 is 1. The molecule has 0 radical (unpaired) electrons. The minimum absolute atomic E-state index is 0.118. The molecule has 0 fully saturated rings. The Kier molecular flexibility index (Phi) is 7.08. The van der Waals surface area contributed by atoms with E-state index in [1.165, 1.54) is 0 Å². The van der Waals surface area contributed by atoms with Crippen LogP contribution in [-0.4, -0.2) is 46.5 Å². The molecule has 92 valence electrons. The number of hydrogen-bond donors (Lipinski definition) is 2. The maximum Gasteiger partial charge on any atom is 0.211 e. The molecule has 0 rings (SSSR count). The van der Waals surface area contributed by atoms with Crippen LogP contribution in [-0.2, 0) is 14.8 Å². The van der Waals surface area contributed by atoms with Gasteiger partial charge in [0.05, 0.1) is 11.9 Å². The highest BCUT2D eigenvalue weighted by molar-refractivity contribution is 7.89. The standard InChI is InChI=1S/C9H22N2O3S/c1-5-15(12,13)11-7-6-10-8(2)9(3)14-4/h8-11H,5-7H2,1-4H3. The summed E-state index contributed by atoms with van der Waals surface area (Å²) >= 11 is 0. The Balaban J connectivity index is 3.63. The van der Waals surface area contributed by atoms with Gasteiger partial charge >= 0.3 is 0 Å². The van der Waals surface area contributed by atoms with Gasteiger partial charge < -0.3 is 10.1 Å². The van der Waals surface area contributed by atoms with Crippen LogP contribution in [0.2, 0.25) is 0 Å². The van der Waals surface area contributed by atoms with Crippen LogP contribution in [0.1, 0.15) is 20.8 Å². The minimum atomic E-state index is -3.06. The van der Waals surface area contributed by atoms with E-state index in [2.05, 4.69) is 10.0 Å². The zero-order valence-corrected chi connectivity index (χ0v) is 10.7. The number of sulfonamides is 1. The van der Waals surface area contributed by atoms with Gasteiger partial charge in [-0.05, 0) is 20.8 Å². The fourth-order valence-corrected chi connectivity index (χ4v) is 1.60. The molecule has 0 aliphatic heterocycles. The molecule has 0 spiro atoms. The van der Waals surface area contributed by atoms with Gasteiger partial charge in [0.25, 0.3) is 0 Å². The quantitative estimate of drug-likeness (QED) is 0.581. The molecule has 0 saturated heterocycles. The molecule has 0 saturated carbocycles. The van der Waals surface area contributed by atoms with E-state index in [-0.39, 0.29) is 17.9 Å². The molecule has 0 bridgehead atoms. The van der Waals surface area contributed by atoms with Crippen LogP contribution >= 0.6 is 0 Å². The third-order valence-electron chi connectivity index (χ3n) is 2.37. The maximum absolute atomic E-state index is 11.1. The summed E-state index contributed by atoms with van der Waals surface area (Å²) in [6, 6.07) is 0.209. The van der Waals surface area contributed by atoms with Crippen LogP contribution in [0, 0.1) is 0 Å². The molecule has 0 aromatic rings. The van der Waals surface area contributed by atoms with Gasteiger partial charge in [-0.2, -0.15) is 0 Å². The molecule has 0 amide bonds. The van der Waals surface area contributed by atoms with E-state index in [1.807, 2.05) is 13.8 Å². The van der Waals surface area contributed by atoms with Crippen molar-refractivity contribution < 1.29 is 13.2 Å². The van der Waals surface area contributed by atoms with Gasteiger partial charge in [-0.3, -0.25) is 0 Å². The van der Waals surface area contributed by atoms with Crippen LogP contribution in [0.15, 0.2) is 0 Å². The van der Waals surface area contributed by atoms with E-state index in [0.29, 0.717) is 13.1 Å². The summed E-state index contributed by atoms with van der Waals surface area (Å²) in [6.45, 7) is 6.60. The van der Waals surface area contributed by atoms with E-state index in [0.717, 1.165) is 0 Å². The summed E-state index contributed by atoms with van der Waals surface area (Å²) in [5.74, 6) is 0.122. The molecule has 6 heteroatoms. The Labute approximate surface area is 92.6 Å². The molecule has 0 heterocycles. The van der Waals surface area contributed by atoms with Gasteiger partial charge in [0.15, 0.2) is 0 Å². The van der Waals surface area contributed by atoms with Crippen LogP contribution in [0.4, 0.5) is 0 Å². The molecule has 2 atom stereocenters. The van der Waals surface area contributed by atoms with Crippen molar-refractivity contribution in [2.24, 2.45) is 0 Å². The lowest BCUT2D eigenvalue weighted by atomic mass is 10.2. The summed E-state index contributed by atoms with van der Waals surface area (Å²) in [5, 5.41) is 3.18. The summed E-state index contributed by atoms with van der Waals surface area (Å²) in [6.07, 6.45) is 0.118. The first-order valence-electron chi connectivity index (χ1n) is 5.16. The van der Waals surface area contributed by atoms with Crippen molar-refractivity contribution >= 4 is 10.0 Å². The van der Waals surface area contributed by atoms with Crippen LogP contribution < -0.4 is 10.0 Å². The Hall–Kier alpha value is -0.170. The number of hydrogen-bond acceptors (Lipinski definition) is 4. The van der Waals surface area contributed by atoms with Crippen molar-refractivity contribution in [2.75, 3.05) is 26.0 Å². The summed E-state index contributed by atoms with van der Waals surface area (Å²) in [4.78, 5) is 0. The van der Waals surface area contributed by atoms with Gasteiger partial charge in [-0.25, -0.2) is 13.1 Å². The van der Waals surface area contributed by atoms with Gasteiger partial charge in [-0.15, -0.1) is 0 Å². The highest BCUT2D eigenvalue weighted by Crippen LogP contribution is 1.94. The molecule has 15 heavy (non-hydrogen) atoms. The zero-order chi connectivity index (χ0) is 11.9. The third-order valence-corrected chi connectivity index (χ3v) is 3.77. The van der Waals surface area contributed by atoms with Crippen molar-refractivity contribution in [3.05, 3.63) is 0 Å². The monoisotopic (exact) mass is 238 g/mol. The van der Waals surface area contributed by atoms with Gasteiger partial charge in [0.1, 0.15) is 0 Å². The van der Waals surface area contributed by atoms with Gasteiger partial charge in [0.2, 0.25) is 10.0 Å². The van der Waals surface area contributed by atoms with Crippen LogP contribution in [0.25, 0.3) is 0 Å². The van der Waals surface area contributed by atoms with E-state index in [1.54, 1.807) is 14.0 Å². The molecule has 0 aliphatic carbocycles. The lowest BCUT2D eigenvalue weighted by Crippen LogP contribution is -2.41. The Morgan fingerprint density at radius 1 is 1.27 bits per heavy atom. The maximum atomic E-state index is 11.1. The molecule has 5 nitrogen and oxygen atoms in total. The fraction of sp³-hybridized carbons (Fsp3) is 1.00. The van der Waals surface area contributed by atoms with Crippen LogP contribution in [0.3, 0.4) is 0 Å². The Morgan fingerprint density at radius 2 is 1.87 bits per heavy atom. The van der Waals surface area contributed by atoms with Crippen molar-refractivity contribution in [3.8, 4) is 0 Å². The van der Waals surface area contributed by atoms with Crippen molar-refractivity contribution in [3.63, 3.8) is 0 Å². The molecule has 0 aromatic carbocycles. The summed E-state index contributed by atoms with van der Waals surface area (Å²) < 4.78 is 29.8. The second-order valence-corrected chi connectivity index (χ2v) is 5.58. The van der Waals surface area contributed by atoms with E-state index >= 15 is 0 Å². The lowest BCUT2D eigenvalue weighted by Gasteiger charge is -2.19. The Bertz CT molecular complexity index is 254. The third kappa shape index (κ3) is 6.83. The molecule has 2 N–H and O–H groups in total. The lowest BCUT2D eigenvalue weighted by molar-refractivity contribution is 0.0891. The van der Waals surface area contributed by atoms with Gasteiger partial charge in [-0.1, -0.05) is 0 Å². The van der Waals surface area contributed by atoms with E-state index < -0.39 is 10.0 Å². The average Bonchev–Trinajstić information content (AvgIpc) is 2.22. The second-order valence-electron chi connectivity index (χ2n) is 3.48. The normalized spacial score (nSPS) is 16.3. The van der Waals surface area contributed by atoms with E-state index in [4.69, 9.17) is 4.74 Å². The molecule has 0 aromatic heterocycles. The SMILES string of the molecule is CCS(=O)(=O)NCCNC(C)C(C)OC. The Morgan fingerprint density at radius 3 is 2.33 bits per heavy atom. The molecule has 0 aliphatic rings. The van der Waals surface area contributed by atoms with Crippen molar-refractivity contribution in [1.29, 1.82) is 0 Å². The molecular weight excluding hydrogens is 216 g/mol. The highest BCUT2D eigenvalue weighted by Gasteiger charge is 2.10. The zero-order valence-electron chi connectivity index (χ0n) is 9.91. The smallest absolute Gasteiger partial charge is 0.211 e. The average molecular weight is 238 g/mol. The molecule has 2 unspecified atom stereocenters. The molecular formula is C9H22N2O3S. The fourth-order valence-electron chi connectivity index (χ4n) is 0.979. The predicted molar refractivity (Wildman–Crippen MR) is 61.4 cm³/mol. The minimum Gasteiger partial charge on any atom is -0.380 e. The first-order valence-corrected chi connectivity index (χ1v) is 6.81. The number of rotatable bonds is 8. The topological polar surface area (TPSA) is 67.4 Å².